The summed E-state index contributed by atoms with van der Waals surface area (Å²) >= 11 is 2.35. The van der Waals surface area contributed by atoms with Gasteiger partial charge in [0.1, 0.15) is 0 Å². The summed E-state index contributed by atoms with van der Waals surface area (Å²) in [6, 6.07) is 9.48. The Bertz CT molecular complexity index is 327. The van der Waals surface area contributed by atoms with Crippen molar-refractivity contribution in [2.24, 2.45) is 5.92 Å². The predicted molar refractivity (Wildman–Crippen MR) is 82.0 cm³/mol. The van der Waals surface area contributed by atoms with E-state index in [1.807, 2.05) is 0 Å². The zero-order valence-electron chi connectivity index (χ0n) is 10.6. The third-order valence-corrected chi connectivity index (χ3v) is 4.62. The lowest BCUT2D eigenvalue weighted by molar-refractivity contribution is 0.280. The van der Waals surface area contributed by atoms with Crippen molar-refractivity contribution in [3.63, 3.8) is 0 Å². The van der Waals surface area contributed by atoms with Crippen LogP contribution in [0.2, 0.25) is 0 Å². The number of halogens is 1. The Morgan fingerprint density at radius 3 is 2.47 bits per heavy atom. The summed E-state index contributed by atoms with van der Waals surface area (Å²) in [5.74, 6) is 0.896. The van der Waals surface area contributed by atoms with E-state index in [1.54, 1.807) is 0 Å². The van der Waals surface area contributed by atoms with Crippen LogP contribution in [-0.4, -0.2) is 6.04 Å². The molecule has 0 unspecified atom stereocenters. The van der Waals surface area contributed by atoms with Crippen LogP contribution in [0.5, 0.6) is 0 Å². The highest BCUT2D eigenvalue weighted by atomic mass is 127. The molecule has 17 heavy (non-hydrogen) atoms. The molecule has 1 nitrogen and oxygen atoms in total. The van der Waals surface area contributed by atoms with E-state index in [0.717, 1.165) is 12.5 Å². The fourth-order valence-corrected chi connectivity index (χ4v) is 3.04. The van der Waals surface area contributed by atoms with Gasteiger partial charge in [-0.1, -0.05) is 31.4 Å². The van der Waals surface area contributed by atoms with Crippen LogP contribution < -0.4 is 5.32 Å². The summed E-state index contributed by atoms with van der Waals surface area (Å²) in [7, 11) is 0. The molecule has 0 bridgehead atoms. The predicted octanol–water partition coefficient (Wildman–Crippen LogP) is 4.35. The summed E-state index contributed by atoms with van der Waals surface area (Å²) in [4.78, 5) is 0. The Hall–Kier alpha value is -0.0900. The summed E-state index contributed by atoms with van der Waals surface area (Å²) < 4.78 is 1.31. The summed E-state index contributed by atoms with van der Waals surface area (Å²) in [5, 5.41) is 3.69. The molecular weight excluding hydrogens is 321 g/mol. The SMILES string of the molecule is C[C@@H](NCc1ccc(I)cc1)C1CCCCC1. The molecule has 0 saturated heterocycles. The number of benzene rings is 1. The molecule has 1 fully saturated rings. The maximum absolute atomic E-state index is 3.69. The van der Waals surface area contributed by atoms with E-state index in [2.05, 4.69) is 59.1 Å². The molecule has 1 saturated carbocycles. The second kappa shape index (κ2) is 6.74. The van der Waals surface area contributed by atoms with Gasteiger partial charge in [-0.15, -0.1) is 0 Å². The topological polar surface area (TPSA) is 12.0 Å². The van der Waals surface area contributed by atoms with Gasteiger partial charge in [-0.05, 0) is 66.0 Å². The molecule has 2 heteroatoms. The van der Waals surface area contributed by atoms with Crippen molar-refractivity contribution in [3.8, 4) is 0 Å². The molecule has 0 amide bonds. The molecular formula is C15H22IN. The molecule has 1 N–H and O–H groups in total. The first-order valence-corrected chi connectivity index (χ1v) is 7.81. The van der Waals surface area contributed by atoms with Crippen LogP contribution in [0.25, 0.3) is 0 Å². The Morgan fingerprint density at radius 2 is 1.82 bits per heavy atom. The molecule has 1 aliphatic rings. The van der Waals surface area contributed by atoms with Crippen molar-refractivity contribution in [2.45, 2.75) is 51.6 Å². The molecule has 0 aromatic heterocycles. The highest BCUT2D eigenvalue weighted by Crippen LogP contribution is 2.26. The van der Waals surface area contributed by atoms with Crippen LogP contribution in [0.1, 0.15) is 44.6 Å². The Kier molecular flexibility index (Phi) is 5.29. The first-order valence-electron chi connectivity index (χ1n) is 6.73. The van der Waals surface area contributed by atoms with Crippen LogP contribution >= 0.6 is 22.6 Å². The van der Waals surface area contributed by atoms with Gasteiger partial charge in [-0.3, -0.25) is 0 Å². The number of hydrogen-bond acceptors (Lipinski definition) is 1. The van der Waals surface area contributed by atoms with Crippen LogP contribution in [0.15, 0.2) is 24.3 Å². The van der Waals surface area contributed by atoms with Gasteiger partial charge in [0.05, 0.1) is 0 Å². The van der Waals surface area contributed by atoms with Crippen molar-refractivity contribution in [3.05, 3.63) is 33.4 Å². The van der Waals surface area contributed by atoms with E-state index in [9.17, 15) is 0 Å². The molecule has 2 rings (SSSR count). The molecule has 0 heterocycles. The molecule has 1 aromatic carbocycles. The Labute approximate surface area is 119 Å². The molecule has 94 valence electrons. The summed E-state index contributed by atoms with van der Waals surface area (Å²) in [6.45, 7) is 3.36. The number of nitrogens with one attached hydrogen (secondary N) is 1. The molecule has 0 spiro atoms. The second-order valence-corrected chi connectivity index (χ2v) is 6.44. The maximum atomic E-state index is 3.69. The molecule has 1 aliphatic carbocycles. The minimum Gasteiger partial charge on any atom is -0.310 e. The fraction of sp³-hybridized carbons (Fsp3) is 0.600. The minimum absolute atomic E-state index is 0.662. The van der Waals surface area contributed by atoms with E-state index < -0.39 is 0 Å². The molecule has 1 aromatic rings. The van der Waals surface area contributed by atoms with Crippen molar-refractivity contribution in [1.82, 2.24) is 5.32 Å². The minimum atomic E-state index is 0.662. The third kappa shape index (κ3) is 4.25. The van der Waals surface area contributed by atoms with Gasteiger partial charge in [0.25, 0.3) is 0 Å². The van der Waals surface area contributed by atoms with Gasteiger partial charge < -0.3 is 5.32 Å². The van der Waals surface area contributed by atoms with Crippen LogP contribution in [0.3, 0.4) is 0 Å². The highest BCUT2D eigenvalue weighted by molar-refractivity contribution is 14.1. The largest absolute Gasteiger partial charge is 0.310 e. The zero-order valence-corrected chi connectivity index (χ0v) is 12.7. The monoisotopic (exact) mass is 343 g/mol. The summed E-state index contributed by atoms with van der Waals surface area (Å²) in [6.07, 6.45) is 7.14. The lowest BCUT2D eigenvalue weighted by Gasteiger charge is -2.28. The van der Waals surface area contributed by atoms with E-state index in [4.69, 9.17) is 0 Å². The van der Waals surface area contributed by atoms with Crippen LogP contribution in [0, 0.1) is 9.49 Å². The average molecular weight is 343 g/mol. The van der Waals surface area contributed by atoms with Gasteiger partial charge in [-0.25, -0.2) is 0 Å². The van der Waals surface area contributed by atoms with Crippen molar-refractivity contribution in [1.29, 1.82) is 0 Å². The normalized spacial score (nSPS) is 19.2. The number of hydrogen-bond donors (Lipinski definition) is 1. The Morgan fingerprint density at radius 1 is 1.18 bits per heavy atom. The van der Waals surface area contributed by atoms with E-state index in [0.29, 0.717) is 6.04 Å². The quantitative estimate of drug-likeness (QED) is 0.802. The van der Waals surface area contributed by atoms with Gasteiger partial charge >= 0.3 is 0 Å². The van der Waals surface area contributed by atoms with Crippen molar-refractivity contribution >= 4 is 22.6 Å². The molecule has 1 atom stereocenters. The smallest absolute Gasteiger partial charge is 0.0208 e. The van der Waals surface area contributed by atoms with Crippen molar-refractivity contribution in [2.75, 3.05) is 0 Å². The van der Waals surface area contributed by atoms with E-state index >= 15 is 0 Å². The maximum Gasteiger partial charge on any atom is 0.0208 e. The standard InChI is InChI=1S/C15H22IN/c1-12(14-5-3-2-4-6-14)17-11-13-7-9-15(16)10-8-13/h7-10,12,14,17H,2-6,11H2,1H3/t12-/m1/s1. The average Bonchev–Trinajstić information content (AvgIpc) is 2.39. The van der Waals surface area contributed by atoms with Crippen LogP contribution in [-0.2, 0) is 6.54 Å². The zero-order chi connectivity index (χ0) is 12.1. The van der Waals surface area contributed by atoms with Gasteiger partial charge in [0.2, 0.25) is 0 Å². The lowest BCUT2D eigenvalue weighted by atomic mass is 9.84. The molecule has 0 aliphatic heterocycles. The van der Waals surface area contributed by atoms with Gasteiger partial charge in [-0.2, -0.15) is 0 Å². The molecule has 0 radical (unpaired) electrons. The first kappa shape index (κ1) is 13.3. The number of rotatable bonds is 4. The van der Waals surface area contributed by atoms with E-state index in [1.165, 1.54) is 41.2 Å². The van der Waals surface area contributed by atoms with Gasteiger partial charge in [0.15, 0.2) is 0 Å². The first-order chi connectivity index (χ1) is 8.25. The van der Waals surface area contributed by atoms with Crippen molar-refractivity contribution < 1.29 is 0 Å². The highest BCUT2D eigenvalue weighted by Gasteiger charge is 2.19. The van der Waals surface area contributed by atoms with Gasteiger partial charge in [0, 0.05) is 16.2 Å². The lowest BCUT2D eigenvalue weighted by Crippen LogP contribution is -2.34. The summed E-state index contributed by atoms with van der Waals surface area (Å²) in [5.41, 5.74) is 1.40. The Balaban J connectivity index is 1.78. The second-order valence-electron chi connectivity index (χ2n) is 5.19. The third-order valence-electron chi connectivity index (χ3n) is 3.90. The fourth-order valence-electron chi connectivity index (χ4n) is 2.68. The van der Waals surface area contributed by atoms with E-state index in [-0.39, 0.29) is 0 Å². The van der Waals surface area contributed by atoms with Crippen LogP contribution in [0.4, 0.5) is 0 Å².